The summed E-state index contributed by atoms with van der Waals surface area (Å²) in [6.07, 6.45) is 4.21. The van der Waals surface area contributed by atoms with Gasteiger partial charge in [-0.3, -0.25) is 9.59 Å². The van der Waals surface area contributed by atoms with Crippen molar-refractivity contribution in [3.05, 3.63) is 42.0 Å². The number of aryl methyl sites for hydroxylation is 1. The van der Waals surface area contributed by atoms with Crippen LogP contribution in [0.15, 0.2) is 30.9 Å². The topological polar surface area (TPSA) is 108 Å². The molecule has 0 saturated heterocycles. The van der Waals surface area contributed by atoms with Crippen LogP contribution in [0, 0.1) is 12.8 Å². The molecule has 3 N–H and O–H groups in total. The molecule has 8 heteroatoms. The van der Waals surface area contributed by atoms with Gasteiger partial charge in [-0.2, -0.15) is 0 Å². The van der Waals surface area contributed by atoms with Crippen molar-refractivity contribution >= 4 is 17.9 Å². The summed E-state index contributed by atoms with van der Waals surface area (Å²) < 4.78 is 5.40. The van der Waals surface area contributed by atoms with Gasteiger partial charge in [-0.05, 0) is 45.6 Å². The number of unbranched alkanes of at least 4 members (excludes halogenated alkanes) is 2. The second-order valence-electron chi connectivity index (χ2n) is 10.2. The van der Waals surface area contributed by atoms with E-state index >= 15 is 0 Å². The molecule has 0 aliphatic rings. The number of hydrogen-bond donors (Lipinski definition) is 3. The van der Waals surface area contributed by atoms with Gasteiger partial charge >= 0.3 is 6.09 Å². The third-order valence-corrected chi connectivity index (χ3v) is 5.96. The lowest BCUT2D eigenvalue weighted by Gasteiger charge is -2.35. The van der Waals surface area contributed by atoms with Crippen LogP contribution in [0.4, 0.5) is 4.79 Å². The van der Waals surface area contributed by atoms with Gasteiger partial charge in [0.1, 0.15) is 23.4 Å². The molecule has 36 heavy (non-hydrogen) atoms. The minimum Gasteiger partial charge on any atom is -0.507 e. The molecule has 3 unspecified atom stereocenters. The van der Waals surface area contributed by atoms with E-state index < -0.39 is 35.6 Å². The Kier molecular flexibility index (Phi) is 12.5. The monoisotopic (exact) mass is 503 g/mol. The normalized spacial score (nSPS) is 13.8. The number of aromatic hydroxyl groups is 1. The highest BCUT2D eigenvalue weighted by molar-refractivity contribution is 5.92. The first-order chi connectivity index (χ1) is 16.9. The van der Waals surface area contributed by atoms with E-state index in [4.69, 9.17) is 4.74 Å². The Morgan fingerprint density at radius 2 is 1.86 bits per heavy atom. The molecule has 0 spiro atoms. The fourth-order valence-corrected chi connectivity index (χ4v) is 3.79. The van der Waals surface area contributed by atoms with E-state index in [0.29, 0.717) is 24.1 Å². The third-order valence-electron chi connectivity index (χ3n) is 5.96. The number of hydrogen-bond acceptors (Lipinski definition) is 5. The zero-order valence-electron chi connectivity index (χ0n) is 23.0. The summed E-state index contributed by atoms with van der Waals surface area (Å²) >= 11 is 0. The standard InChI is InChI=1S/C28H45N3O5/c1-9-12-13-17-29-25(33)23(21-16-14-15-20(5)24(21)32)31(18-10-2)26(34)22(19(4)11-3)30-27(35)36-28(6,7)8/h10,14-16,19,22-23,32H,2,9,11-13,17-18H2,1,3-8H3,(H,29,33)(H,30,35). The maximum atomic E-state index is 14.0. The van der Waals surface area contributed by atoms with Crippen molar-refractivity contribution in [3.8, 4) is 5.75 Å². The number of phenolic OH excluding ortho intramolecular Hbond substituents is 1. The number of alkyl carbamates (subject to hydrolysis) is 1. The van der Waals surface area contributed by atoms with Gasteiger partial charge in [-0.1, -0.05) is 64.3 Å². The second-order valence-corrected chi connectivity index (χ2v) is 10.2. The van der Waals surface area contributed by atoms with Crippen LogP contribution in [-0.2, 0) is 14.3 Å². The van der Waals surface area contributed by atoms with E-state index in [1.807, 2.05) is 13.8 Å². The molecule has 0 bridgehead atoms. The maximum Gasteiger partial charge on any atom is 0.408 e. The Bertz CT molecular complexity index is 894. The van der Waals surface area contributed by atoms with Crippen LogP contribution in [0.25, 0.3) is 0 Å². The van der Waals surface area contributed by atoms with Crippen molar-refractivity contribution in [2.75, 3.05) is 13.1 Å². The Morgan fingerprint density at radius 1 is 1.19 bits per heavy atom. The minimum absolute atomic E-state index is 0.0438. The Labute approximate surface area is 216 Å². The SMILES string of the molecule is C=CCN(C(=O)C(NC(=O)OC(C)(C)C)C(C)CC)C(C(=O)NCCCCC)c1cccc(C)c1O. The summed E-state index contributed by atoms with van der Waals surface area (Å²) in [5, 5.41) is 16.5. The number of nitrogens with zero attached hydrogens (tertiary/aromatic N) is 1. The number of benzene rings is 1. The van der Waals surface area contributed by atoms with Crippen molar-refractivity contribution in [2.45, 2.75) is 91.8 Å². The highest BCUT2D eigenvalue weighted by atomic mass is 16.6. The van der Waals surface area contributed by atoms with Gasteiger partial charge in [0.25, 0.3) is 0 Å². The van der Waals surface area contributed by atoms with E-state index in [1.165, 1.54) is 11.0 Å². The van der Waals surface area contributed by atoms with Crippen LogP contribution in [0.1, 0.15) is 84.4 Å². The van der Waals surface area contributed by atoms with E-state index in [-0.39, 0.29) is 18.2 Å². The Hall–Kier alpha value is -3.03. The highest BCUT2D eigenvalue weighted by Crippen LogP contribution is 2.32. The first-order valence-electron chi connectivity index (χ1n) is 12.8. The molecule has 0 aliphatic carbocycles. The minimum atomic E-state index is -1.11. The molecule has 0 aromatic heterocycles. The Balaban J connectivity index is 3.48. The molecule has 1 rings (SSSR count). The van der Waals surface area contributed by atoms with Crippen molar-refractivity contribution in [2.24, 2.45) is 5.92 Å². The van der Waals surface area contributed by atoms with Gasteiger partial charge in [0.15, 0.2) is 0 Å². The fraction of sp³-hybridized carbons (Fsp3) is 0.607. The summed E-state index contributed by atoms with van der Waals surface area (Å²) in [6, 6.07) is 3.07. The molecular formula is C28H45N3O5. The lowest BCUT2D eigenvalue weighted by atomic mass is 9.95. The molecule has 0 saturated carbocycles. The number of carbonyl (C=O) groups is 3. The van der Waals surface area contributed by atoms with Gasteiger partial charge in [0, 0.05) is 18.7 Å². The molecule has 8 nitrogen and oxygen atoms in total. The average Bonchev–Trinajstić information content (AvgIpc) is 2.80. The van der Waals surface area contributed by atoms with Gasteiger partial charge in [0.2, 0.25) is 11.8 Å². The summed E-state index contributed by atoms with van der Waals surface area (Å²) in [5.41, 5.74) is 0.174. The summed E-state index contributed by atoms with van der Waals surface area (Å²) in [7, 11) is 0. The molecule has 0 fully saturated rings. The fourth-order valence-electron chi connectivity index (χ4n) is 3.79. The molecule has 1 aromatic rings. The van der Waals surface area contributed by atoms with E-state index in [0.717, 1.165) is 19.3 Å². The second kappa shape index (κ2) is 14.5. The summed E-state index contributed by atoms with van der Waals surface area (Å²) in [5.74, 6) is -1.14. The molecule has 0 radical (unpaired) electrons. The Morgan fingerprint density at radius 3 is 2.42 bits per heavy atom. The smallest absolute Gasteiger partial charge is 0.408 e. The van der Waals surface area contributed by atoms with Crippen molar-refractivity contribution in [1.29, 1.82) is 0 Å². The molecule has 0 aliphatic heterocycles. The van der Waals surface area contributed by atoms with Gasteiger partial charge < -0.3 is 25.4 Å². The molecule has 1 aromatic carbocycles. The number of rotatable bonds is 13. The van der Waals surface area contributed by atoms with Crippen LogP contribution in [0.2, 0.25) is 0 Å². The van der Waals surface area contributed by atoms with Gasteiger partial charge in [0.05, 0.1) is 0 Å². The number of ether oxygens (including phenoxy) is 1. The first kappa shape index (κ1) is 31.0. The summed E-state index contributed by atoms with van der Waals surface area (Å²) in [4.78, 5) is 41.4. The van der Waals surface area contributed by atoms with Crippen molar-refractivity contribution < 1.29 is 24.2 Å². The largest absolute Gasteiger partial charge is 0.507 e. The lowest BCUT2D eigenvalue weighted by molar-refractivity contribution is -0.142. The first-order valence-corrected chi connectivity index (χ1v) is 12.8. The molecule has 3 atom stereocenters. The van der Waals surface area contributed by atoms with Crippen molar-refractivity contribution in [3.63, 3.8) is 0 Å². The molecule has 3 amide bonds. The maximum absolute atomic E-state index is 14.0. The average molecular weight is 504 g/mol. The zero-order chi connectivity index (χ0) is 27.5. The van der Waals surface area contributed by atoms with Crippen LogP contribution in [0.5, 0.6) is 5.75 Å². The number of phenols is 1. The highest BCUT2D eigenvalue weighted by Gasteiger charge is 2.38. The van der Waals surface area contributed by atoms with Crippen LogP contribution < -0.4 is 10.6 Å². The van der Waals surface area contributed by atoms with E-state index in [9.17, 15) is 19.5 Å². The zero-order valence-corrected chi connectivity index (χ0v) is 23.0. The van der Waals surface area contributed by atoms with Crippen molar-refractivity contribution in [1.82, 2.24) is 15.5 Å². The van der Waals surface area contributed by atoms with Gasteiger partial charge in [-0.25, -0.2) is 4.79 Å². The van der Waals surface area contributed by atoms with Crippen LogP contribution >= 0.6 is 0 Å². The molecule has 0 heterocycles. The van der Waals surface area contributed by atoms with Crippen LogP contribution in [-0.4, -0.2) is 52.6 Å². The quantitative estimate of drug-likeness (QED) is 0.259. The number of nitrogens with one attached hydrogen (secondary N) is 2. The number of carbonyl (C=O) groups excluding carboxylic acids is 3. The third kappa shape index (κ3) is 9.21. The van der Waals surface area contributed by atoms with Crippen LogP contribution in [0.3, 0.4) is 0 Å². The van der Waals surface area contributed by atoms with E-state index in [2.05, 4.69) is 24.1 Å². The summed E-state index contributed by atoms with van der Waals surface area (Å²) in [6.45, 7) is 17.1. The molecule has 202 valence electrons. The van der Waals surface area contributed by atoms with Gasteiger partial charge in [-0.15, -0.1) is 6.58 Å². The number of amides is 3. The number of para-hydroxylation sites is 1. The molecular weight excluding hydrogens is 458 g/mol. The lowest BCUT2D eigenvalue weighted by Crippen LogP contribution is -2.55. The van der Waals surface area contributed by atoms with E-state index in [1.54, 1.807) is 45.9 Å². The predicted molar refractivity (Wildman–Crippen MR) is 143 cm³/mol. The predicted octanol–water partition coefficient (Wildman–Crippen LogP) is 5.00.